The summed E-state index contributed by atoms with van der Waals surface area (Å²) < 4.78 is 16.6. The van der Waals surface area contributed by atoms with Crippen molar-refractivity contribution in [3.8, 4) is 17.5 Å². The quantitative estimate of drug-likeness (QED) is 0.641. The number of amides is 1. The number of carbonyl (C=O) groups is 1. The minimum atomic E-state index is -0.115. The molecular weight excluding hydrogens is 370 g/mol. The maximum atomic E-state index is 12.6. The molecular formula is C22H23N3O4. The number of carbonyl (C=O) groups excluding carboxylic acids is 1. The highest BCUT2D eigenvalue weighted by molar-refractivity contribution is 5.84. The topological polar surface area (TPSA) is 73.8 Å². The largest absolute Gasteiger partial charge is 0.484 e. The third kappa shape index (κ3) is 4.74. The summed E-state index contributed by atoms with van der Waals surface area (Å²) in [6.07, 6.45) is 1.62. The molecule has 0 aliphatic carbocycles. The molecule has 1 amide bonds. The van der Waals surface area contributed by atoms with Gasteiger partial charge in [-0.05, 0) is 35.7 Å². The lowest BCUT2D eigenvalue weighted by atomic mass is 10.1. The first-order valence-electron chi connectivity index (χ1n) is 9.65. The van der Waals surface area contributed by atoms with Crippen molar-refractivity contribution < 1.29 is 19.0 Å². The standard InChI is InChI=1S/C22H23N3O4/c1-27-20-10-11-21(24-23-20)29-19-7-4-12-25(14-19)22(26)15-28-18-9-8-16-5-2-3-6-17(16)13-18/h2-3,5-6,8-11,13,19H,4,7,12,14-15H2,1H3. The van der Waals surface area contributed by atoms with Crippen molar-refractivity contribution >= 4 is 16.7 Å². The highest BCUT2D eigenvalue weighted by atomic mass is 16.5. The lowest BCUT2D eigenvalue weighted by Crippen LogP contribution is -2.46. The number of ether oxygens (including phenoxy) is 3. The maximum Gasteiger partial charge on any atom is 0.260 e. The highest BCUT2D eigenvalue weighted by Gasteiger charge is 2.25. The van der Waals surface area contributed by atoms with Gasteiger partial charge in [-0.1, -0.05) is 30.3 Å². The van der Waals surface area contributed by atoms with E-state index in [-0.39, 0.29) is 18.6 Å². The van der Waals surface area contributed by atoms with Crippen LogP contribution in [0.25, 0.3) is 10.8 Å². The van der Waals surface area contributed by atoms with E-state index in [9.17, 15) is 4.79 Å². The summed E-state index contributed by atoms with van der Waals surface area (Å²) in [7, 11) is 1.54. The van der Waals surface area contributed by atoms with Crippen LogP contribution < -0.4 is 14.2 Å². The molecule has 150 valence electrons. The first-order valence-corrected chi connectivity index (χ1v) is 9.65. The molecule has 1 unspecified atom stereocenters. The average molecular weight is 393 g/mol. The Labute approximate surface area is 169 Å². The van der Waals surface area contributed by atoms with E-state index in [1.165, 1.54) is 7.11 Å². The van der Waals surface area contributed by atoms with Gasteiger partial charge in [-0.15, -0.1) is 10.2 Å². The molecule has 1 saturated heterocycles. The molecule has 4 rings (SSSR count). The Balaban J connectivity index is 1.31. The van der Waals surface area contributed by atoms with E-state index in [0.29, 0.717) is 30.6 Å². The summed E-state index contributed by atoms with van der Waals surface area (Å²) in [5.74, 6) is 1.50. The molecule has 0 bridgehead atoms. The van der Waals surface area contributed by atoms with Crippen LogP contribution in [0.5, 0.6) is 17.5 Å². The van der Waals surface area contributed by atoms with E-state index in [1.807, 2.05) is 42.5 Å². The molecule has 1 fully saturated rings. The van der Waals surface area contributed by atoms with Crippen LogP contribution in [0.2, 0.25) is 0 Å². The number of hydrogen-bond acceptors (Lipinski definition) is 6. The van der Waals surface area contributed by atoms with Crippen LogP contribution in [-0.2, 0) is 4.79 Å². The Hall–Kier alpha value is -3.35. The Bertz CT molecular complexity index is 977. The fourth-order valence-electron chi connectivity index (χ4n) is 3.40. The van der Waals surface area contributed by atoms with Gasteiger partial charge in [-0.3, -0.25) is 4.79 Å². The summed E-state index contributed by atoms with van der Waals surface area (Å²) in [4.78, 5) is 14.4. The molecule has 0 saturated carbocycles. The Morgan fingerprint density at radius 3 is 2.66 bits per heavy atom. The number of fused-ring (bicyclic) bond motifs is 1. The van der Waals surface area contributed by atoms with Gasteiger partial charge < -0.3 is 19.1 Å². The monoisotopic (exact) mass is 393 g/mol. The molecule has 7 heteroatoms. The fourth-order valence-corrected chi connectivity index (χ4v) is 3.40. The summed E-state index contributed by atoms with van der Waals surface area (Å²) in [5, 5.41) is 10.1. The maximum absolute atomic E-state index is 12.6. The number of aromatic nitrogens is 2. The minimum Gasteiger partial charge on any atom is -0.484 e. The molecule has 3 aromatic rings. The fraction of sp³-hybridized carbons (Fsp3) is 0.318. The zero-order valence-electron chi connectivity index (χ0n) is 16.3. The van der Waals surface area contributed by atoms with Crippen molar-refractivity contribution in [2.24, 2.45) is 0 Å². The van der Waals surface area contributed by atoms with Crippen LogP contribution in [0.1, 0.15) is 12.8 Å². The van der Waals surface area contributed by atoms with Crippen LogP contribution in [0, 0.1) is 0 Å². The molecule has 1 atom stereocenters. The predicted molar refractivity (Wildman–Crippen MR) is 108 cm³/mol. The minimum absolute atomic E-state index is 0.00734. The highest BCUT2D eigenvalue weighted by Crippen LogP contribution is 2.21. The Morgan fingerprint density at radius 2 is 1.86 bits per heavy atom. The second-order valence-corrected chi connectivity index (χ2v) is 6.93. The molecule has 2 aromatic carbocycles. The normalized spacial score (nSPS) is 16.4. The average Bonchev–Trinajstić information content (AvgIpc) is 2.78. The van der Waals surface area contributed by atoms with Crippen molar-refractivity contribution in [3.05, 3.63) is 54.6 Å². The SMILES string of the molecule is COc1ccc(OC2CCCN(C(=O)COc3ccc4ccccc4c3)C2)nn1. The van der Waals surface area contributed by atoms with E-state index in [0.717, 1.165) is 23.6 Å². The molecule has 1 aliphatic rings. The van der Waals surface area contributed by atoms with Gasteiger partial charge in [0.05, 0.1) is 13.7 Å². The number of methoxy groups -OCH3 is 1. The van der Waals surface area contributed by atoms with E-state index in [4.69, 9.17) is 14.2 Å². The number of piperidine rings is 1. The Kier molecular flexibility index (Phi) is 5.74. The zero-order valence-corrected chi connectivity index (χ0v) is 16.3. The van der Waals surface area contributed by atoms with Gasteiger partial charge in [-0.25, -0.2) is 0 Å². The van der Waals surface area contributed by atoms with E-state index < -0.39 is 0 Å². The number of hydrogen-bond donors (Lipinski definition) is 0. The van der Waals surface area contributed by atoms with Crippen molar-refractivity contribution in [2.45, 2.75) is 18.9 Å². The predicted octanol–water partition coefficient (Wildman–Crippen LogP) is 3.09. The van der Waals surface area contributed by atoms with Crippen LogP contribution in [0.15, 0.2) is 54.6 Å². The molecule has 1 aliphatic heterocycles. The summed E-state index contributed by atoms with van der Waals surface area (Å²) in [6, 6.07) is 17.3. The molecule has 0 radical (unpaired) electrons. The lowest BCUT2D eigenvalue weighted by molar-refractivity contribution is -0.136. The first-order chi connectivity index (χ1) is 14.2. The number of benzene rings is 2. The third-order valence-corrected chi connectivity index (χ3v) is 4.93. The lowest BCUT2D eigenvalue weighted by Gasteiger charge is -2.32. The van der Waals surface area contributed by atoms with Gasteiger partial charge in [-0.2, -0.15) is 0 Å². The molecule has 29 heavy (non-hydrogen) atoms. The summed E-state index contributed by atoms with van der Waals surface area (Å²) in [6.45, 7) is 1.22. The van der Waals surface area contributed by atoms with Crippen LogP contribution in [0.4, 0.5) is 0 Å². The van der Waals surface area contributed by atoms with Crippen LogP contribution >= 0.6 is 0 Å². The summed E-state index contributed by atoms with van der Waals surface area (Å²) in [5.41, 5.74) is 0. The van der Waals surface area contributed by atoms with Gasteiger partial charge >= 0.3 is 0 Å². The van der Waals surface area contributed by atoms with Crippen LogP contribution in [-0.4, -0.2) is 53.9 Å². The number of likely N-dealkylation sites (tertiary alicyclic amines) is 1. The van der Waals surface area contributed by atoms with E-state index >= 15 is 0 Å². The van der Waals surface area contributed by atoms with Crippen molar-refractivity contribution in [2.75, 3.05) is 26.8 Å². The zero-order chi connectivity index (χ0) is 20.1. The smallest absolute Gasteiger partial charge is 0.260 e. The van der Waals surface area contributed by atoms with Crippen molar-refractivity contribution in [1.82, 2.24) is 15.1 Å². The van der Waals surface area contributed by atoms with Gasteiger partial charge in [0.2, 0.25) is 11.8 Å². The first kappa shape index (κ1) is 19.0. The molecule has 7 nitrogen and oxygen atoms in total. The molecule has 2 heterocycles. The third-order valence-electron chi connectivity index (χ3n) is 4.93. The van der Waals surface area contributed by atoms with Gasteiger partial charge in [0.25, 0.3) is 5.91 Å². The molecule has 0 N–H and O–H groups in total. The van der Waals surface area contributed by atoms with Gasteiger partial charge in [0.15, 0.2) is 6.61 Å². The van der Waals surface area contributed by atoms with Gasteiger partial charge in [0, 0.05) is 18.7 Å². The molecule has 0 spiro atoms. The van der Waals surface area contributed by atoms with Crippen molar-refractivity contribution in [1.29, 1.82) is 0 Å². The second-order valence-electron chi connectivity index (χ2n) is 6.93. The summed E-state index contributed by atoms with van der Waals surface area (Å²) >= 11 is 0. The molecule has 1 aromatic heterocycles. The number of nitrogens with zero attached hydrogens (tertiary/aromatic N) is 3. The second kappa shape index (κ2) is 8.77. The Morgan fingerprint density at radius 1 is 1.07 bits per heavy atom. The van der Waals surface area contributed by atoms with E-state index in [1.54, 1.807) is 17.0 Å². The van der Waals surface area contributed by atoms with Crippen LogP contribution in [0.3, 0.4) is 0 Å². The van der Waals surface area contributed by atoms with E-state index in [2.05, 4.69) is 10.2 Å². The number of rotatable bonds is 6. The van der Waals surface area contributed by atoms with Crippen molar-refractivity contribution in [3.63, 3.8) is 0 Å². The van der Waals surface area contributed by atoms with Gasteiger partial charge in [0.1, 0.15) is 11.9 Å².